The molecule has 0 saturated heterocycles. The van der Waals surface area contributed by atoms with Gasteiger partial charge in [-0.2, -0.15) is 9.37 Å². The van der Waals surface area contributed by atoms with Crippen molar-refractivity contribution >= 4 is 17.3 Å². The van der Waals surface area contributed by atoms with E-state index in [0.717, 1.165) is 6.07 Å². The molecule has 0 aliphatic carbocycles. The SMILES string of the molecule is COc1ccc(-c2cc(F)c(N)cc2Cl)c(F)n1. The first kappa shape index (κ1) is 12.6. The first-order valence-electron chi connectivity index (χ1n) is 4.98. The zero-order chi connectivity index (χ0) is 13.3. The van der Waals surface area contributed by atoms with E-state index in [9.17, 15) is 8.78 Å². The lowest BCUT2D eigenvalue weighted by atomic mass is 10.1. The maximum atomic E-state index is 13.7. The van der Waals surface area contributed by atoms with E-state index in [2.05, 4.69) is 4.98 Å². The summed E-state index contributed by atoms with van der Waals surface area (Å²) in [4.78, 5) is 3.56. The Hall–Kier alpha value is -1.88. The Morgan fingerprint density at radius 1 is 1.22 bits per heavy atom. The van der Waals surface area contributed by atoms with Crippen molar-refractivity contribution < 1.29 is 13.5 Å². The van der Waals surface area contributed by atoms with Crippen LogP contribution in [0.1, 0.15) is 0 Å². The molecule has 1 aromatic heterocycles. The highest BCUT2D eigenvalue weighted by molar-refractivity contribution is 6.33. The predicted molar refractivity (Wildman–Crippen MR) is 65.6 cm³/mol. The van der Waals surface area contributed by atoms with Crippen molar-refractivity contribution in [3.05, 3.63) is 41.1 Å². The van der Waals surface area contributed by atoms with Gasteiger partial charge in [0, 0.05) is 17.2 Å². The van der Waals surface area contributed by atoms with Crippen LogP contribution in [0.25, 0.3) is 11.1 Å². The number of methoxy groups -OCH3 is 1. The molecule has 0 amide bonds. The average Bonchev–Trinajstić information content (AvgIpc) is 2.34. The molecular formula is C12H9ClF2N2O. The smallest absolute Gasteiger partial charge is 0.224 e. The van der Waals surface area contributed by atoms with Gasteiger partial charge in [0.25, 0.3) is 0 Å². The number of rotatable bonds is 2. The van der Waals surface area contributed by atoms with Gasteiger partial charge in [-0.1, -0.05) is 11.6 Å². The quantitative estimate of drug-likeness (QED) is 0.673. The maximum absolute atomic E-state index is 13.7. The third-order valence-electron chi connectivity index (χ3n) is 2.41. The standard InChI is InChI=1S/C12H9ClF2N2O/c1-18-11-3-2-6(12(15)17-11)7-4-9(14)10(16)5-8(7)13/h2-5H,16H2,1H3. The first-order valence-corrected chi connectivity index (χ1v) is 5.36. The molecule has 0 spiro atoms. The van der Waals surface area contributed by atoms with Gasteiger partial charge in [-0.25, -0.2) is 4.39 Å². The summed E-state index contributed by atoms with van der Waals surface area (Å²) in [6, 6.07) is 5.18. The molecule has 3 nitrogen and oxygen atoms in total. The number of pyridine rings is 1. The van der Waals surface area contributed by atoms with Gasteiger partial charge < -0.3 is 10.5 Å². The van der Waals surface area contributed by atoms with Crippen molar-refractivity contribution in [1.29, 1.82) is 0 Å². The van der Waals surface area contributed by atoms with Crippen LogP contribution in [0.15, 0.2) is 24.3 Å². The largest absolute Gasteiger partial charge is 0.481 e. The van der Waals surface area contributed by atoms with E-state index in [4.69, 9.17) is 22.1 Å². The predicted octanol–water partition coefficient (Wildman–Crippen LogP) is 3.27. The lowest BCUT2D eigenvalue weighted by Crippen LogP contribution is -1.96. The molecule has 0 radical (unpaired) electrons. The summed E-state index contributed by atoms with van der Waals surface area (Å²) < 4.78 is 31.9. The molecule has 1 aromatic carbocycles. The molecule has 0 unspecified atom stereocenters. The third kappa shape index (κ3) is 2.22. The molecule has 0 saturated carbocycles. The van der Waals surface area contributed by atoms with Crippen LogP contribution in [0.2, 0.25) is 5.02 Å². The minimum Gasteiger partial charge on any atom is -0.481 e. The summed E-state index contributed by atoms with van der Waals surface area (Å²) in [5.74, 6) is -1.33. The average molecular weight is 271 g/mol. The highest BCUT2D eigenvalue weighted by atomic mass is 35.5. The number of nitrogens with two attached hydrogens (primary N) is 1. The Morgan fingerprint density at radius 3 is 2.56 bits per heavy atom. The van der Waals surface area contributed by atoms with Gasteiger partial charge in [-0.3, -0.25) is 0 Å². The first-order chi connectivity index (χ1) is 8.52. The third-order valence-corrected chi connectivity index (χ3v) is 2.72. The van der Waals surface area contributed by atoms with Crippen LogP contribution in [0.4, 0.5) is 14.5 Å². The molecule has 2 N–H and O–H groups in total. The molecule has 1 heterocycles. The number of aromatic nitrogens is 1. The Kier molecular flexibility index (Phi) is 3.34. The van der Waals surface area contributed by atoms with Crippen LogP contribution in [0.5, 0.6) is 5.88 Å². The second-order valence-corrected chi connectivity index (χ2v) is 3.95. The summed E-state index contributed by atoms with van der Waals surface area (Å²) in [5, 5.41) is 0.153. The Labute approximate surface area is 107 Å². The fraction of sp³-hybridized carbons (Fsp3) is 0.0833. The second kappa shape index (κ2) is 4.78. The number of anilines is 1. The molecule has 0 bridgehead atoms. The number of nitrogens with zero attached hydrogens (tertiary/aromatic N) is 1. The van der Waals surface area contributed by atoms with Gasteiger partial charge in [0.15, 0.2) is 0 Å². The van der Waals surface area contributed by atoms with E-state index >= 15 is 0 Å². The van der Waals surface area contributed by atoms with E-state index in [1.165, 1.54) is 25.3 Å². The highest BCUT2D eigenvalue weighted by Gasteiger charge is 2.14. The van der Waals surface area contributed by atoms with Crippen LogP contribution in [0.3, 0.4) is 0 Å². The van der Waals surface area contributed by atoms with E-state index in [1.807, 2.05) is 0 Å². The molecule has 2 aromatic rings. The number of halogens is 3. The van der Waals surface area contributed by atoms with Crippen molar-refractivity contribution in [3.8, 4) is 17.0 Å². The van der Waals surface area contributed by atoms with Crippen LogP contribution in [-0.2, 0) is 0 Å². The van der Waals surface area contributed by atoms with Crippen LogP contribution >= 0.6 is 11.6 Å². The Balaban J connectivity index is 2.58. The minimum atomic E-state index is -0.791. The van der Waals surface area contributed by atoms with Gasteiger partial charge in [0.1, 0.15) is 5.82 Å². The monoisotopic (exact) mass is 270 g/mol. The molecule has 0 aliphatic rings. The summed E-state index contributed by atoms with van der Waals surface area (Å²) >= 11 is 5.91. The topological polar surface area (TPSA) is 48.1 Å². The summed E-state index contributed by atoms with van der Waals surface area (Å²) in [5.41, 5.74) is 5.54. The van der Waals surface area contributed by atoms with Crippen LogP contribution in [-0.4, -0.2) is 12.1 Å². The lowest BCUT2D eigenvalue weighted by Gasteiger charge is -2.08. The van der Waals surface area contributed by atoms with Gasteiger partial charge >= 0.3 is 0 Å². The van der Waals surface area contributed by atoms with Crippen molar-refractivity contribution in [1.82, 2.24) is 4.98 Å². The molecule has 18 heavy (non-hydrogen) atoms. The number of hydrogen-bond acceptors (Lipinski definition) is 3. The zero-order valence-corrected chi connectivity index (χ0v) is 10.1. The van der Waals surface area contributed by atoms with Crippen molar-refractivity contribution in [2.75, 3.05) is 12.8 Å². The fourth-order valence-electron chi connectivity index (χ4n) is 1.50. The van der Waals surface area contributed by atoms with Crippen LogP contribution < -0.4 is 10.5 Å². The molecule has 0 fully saturated rings. The number of hydrogen-bond donors (Lipinski definition) is 1. The molecule has 0 aliphatic heterocycles. The molecule has 0 atom stereocenters. The fourth-order valence-corrected chi connectivity index (χ4v) is 1.77. The highest BCUT2D eigenvalue weighted by Crippen LogP contribution is 2.33. The normalized spacial score (nSPS) is 10.4. The van der Waals surface area contributed by atoms with Crippen molar-refractivity contribution in [2.24, 2.45) is 0 Å². The van der Waals surface area contributed by atoms with Gasteiger partial charge in [0.2, 0.25) is 11.8 Å². The lowest BCUT2D eigenvalue weighted by molar-refractivity contribution is 0.388. The second-order valence-electron chi connectivity index (χ2n) is 3.55. The maximum Gasteiger partial charge on any atom is 0.224 e. The van der Waals surface area contributed by atoms with E-state index in [0.29, 0.717) is 0 Å². The molecular weight excluding hydrogens is 262 g/mol. The number of nitrogen functional groups attached to an aromatic ring is 1. The van der Waals surface area contributed by atoms with Gasteiger partial charge in [0.05, 0.1) is 17.8 Å². The number of benzene rings is 1. The summed E-state index contributed by atoms with van der Waals surface area (Å²) in [7, 11) is 1.37. The summed E-state index contributed by atoms with van der Waals surface area (Å²) in [6.07, 6.45) is 0. The summed E-state index contributed by atoms with van der Waals surface area (Å²) in [6.45, 7) is 0. The van der Waals surface area contributed by atoms with Gasteiger partial charge in [-0.05, 0) is 18.2 Å². The zero-order valence-electron chi connectivity index (χ0n) is 9.38. The van der Waals surface area contributed by atoms with E-state index in [-0.39, 0.29) is 27.7 Å². The van der Waals surface area contributed by atoms with Crippen LogP contribution in [0, 0.1) is 11.8 Å². The van der Waals surface area contributed by atoms with E-state index in [1.54, 1.807) is 0 Å². The number of ether oxygens (including phenoxy) is 1. The Morgan fingerprint density at radius 2 is 1.94 bits per heavy atom. The minimum absolute atomic E-state index is 0.0831. The van der Waals surface area contributed by atoms with E-state index < -0.39 is 11.8 Å². The molecule has 94 valence electrons. The molecule has 6 heteroatoms. The Bertz CT molecular complexity index is 605. The van der Waals surface area contributed by atoms with Gasteiger partial charge in [-0.15, -0.1) is 0 Å². The van der Waals surface area contributed by atoms with Crippen molar-refractivity contribution in [3.63, 3.8) is 0 Å². The van der Waals surface area contributed by atoms with Crippen molar-refractivity contribution in [2.45, 2.75) is 0 Å². The molecule has 2 rings (SSSR count).